The topological polar surface area (TPSA) is 12.9 Å². The Bertz CT molecular complexity index is 499. The van der Waals surface area contributed by atoms with Gasteiger partial charge in [-0.3, -0.25) is 0 Å². The predicted octanol–water partition coefficient (Wildman–Crippen LogP) is 4.06. The number of benzene rings is 1. The summed E-state index contributed by atoms with van der Waals surface area (Å²) in [6.45, 7) is 0. The molecule has 0 radical (unpaired) electrons. The van der Waals surface area contributed by atoms with E-state index in [1.54, 1.807) is 0 Å². The van der Waals surface area contributed by atoms with E-state index in [9.17, 15) is 0 Å². The maximum Gasteiger partial charge on any atom is 0.0960 e. The van der Waals surface area contributed by atoms with Gasteiger partial charge in [0.25, 0.3) is 0 Å². The molecule has 1 aromatic heterocycles. The highest BCUT2D eigenvalue weighted by atomic mass is 32.2. The third kappa shape index (κ3) is 2.50. The molecule has 1 aliphatic heterocycles. The Morgan fingerprint density at radius 3 is 2.94 bits per heavy atom. The largest absolute Gasteiger partial charge is 0.250 e. The highest BCUT2D eigenvalue weighted by molar-refractivity contribution is 8.00. The zero-order valence-electron chi connectivity index (χ0n) is 9.37. The molecular formula is C14H13NS2. The zero-order chi connectivity index (χ0) is 11.5. The molecule has 17 heavy (non-hydrogen) atoms. The van der Waals surface area contributed by atoms with Crippen LogP contribution in [0.3, 0.4) is 0 Å². The maximum absolute atomic E-state index is 4.35. The fourth-order valence-electron chi connectivity index (χ4n) is 1.99. The van der Waals surface area contributed by atoms with Crippen molar-refractivity contribution in [3.63, 3.8) is 0 Å². The van der Waals surface area contributed by atoms with Crippen molar-refractivity contribution < 1.29 is 0 Å². The highest BCUT2D eigenvalue weighted by Gasteiger charge is 2.22. The van der Waals surface area contributed by atoms with E-state index in [0.717, 1.165) is 10.8 Å². The van der Waals surface area contributed by atoms with E-state index in [1.165, 1.54) is 16.2 Å². The molecule has 1 aliphatic rings. The van der Waals surface area contributed by atoms with Crippen LogP contribution in [0.1, 0.15) is 11.5 Å². The van der Waals surface area contributed by atoms with Crippen LogP contribution < -0.4 is 0 Å². The second kappa shape index (κ2) is 5.15. The van der Waals surface area contributed by atoms with Crippen molar-refractivity contribution in [2.24, 2.45) is 0 Å². The van der Waals surface area contributed by atoms with Crippen LogP contribution in [0.4, 0.5) is 0 Å². The summed E-state index contributed by atoms with van der Waals surface area (Å²) in [7, 11) is 0. The number of pyridine rings is 1. The van der Waals surface area contributed by atoms with Gasteiger partial charge in [0.1, 0.15) is 0 Å². The fraction of sp³-hybridized carbons (Fsp3) is 0.214. The van der Waals surface area contributed by atoms with Gasteiger partial charge >= 0.3 is 0 Å². The van der Waals surface area contributed by atoms with Crippen molar-refractivity contribution in [2.75, 3.05) is 11.5 Å². The highest BCUT2D eigenvalue weighted by Crippen LogP contribution is 2.41. The second-order valence-corrected chi connectivity index (χ2v) is 6.13. The molecule has 0 saturated heterocycles. The fourth-order valence-corrected chi connectivity index (χ4v) is 4.37. The number of rotatable bonds is 3. The normalized spacial score (nSPS) is 18.0. The number of nitrogens with zero attached hydrogens (tertiary/aromatic N) is 1. The molecule has 0 spiro atoms. The van der Waals surface area contributed by atoms with Crippen LogP contribution in [-0.4, -0.2) is 16.5 Å². The van der Waals surface area contributed by atoms with E-state index in [2.05, 4.69) is 35.3 Å². The summed E-state index contributed by atoms with van der Waals surface area (Å²) >= 11 is 3.83. The third-order valence-electron chi connectivity index (χ3n) is 2.87. The minimum absolute atomic E-state index is 0.670. The van der Waals surface area contributed by atoms with Crippen molar-refractivity contribution in [3.05, 3.63) is 54.2 Å². The molecule has 1 atom stereocenters. The summed E-state index contributed by atoms with van der Waals surface area (Å²) in [6, 6.07) is 14.9. The first-order valence-electron chi connectivity index (χ1n) is 5.69. The number of fused-ring (bicyclic) bond motifs is 1. The van der Waals surface area contributed by atoms with Crippen molar-refractivity contribution in [1.82, 2.24) is 4.98 Å². The van der Waals surface area contributed by atoms with E-state index < -0.39 is 0 Å². The van der Waals surface area contributed by atoms with Crippen LogP contribution in [0.5, 0.6) is 0 Å². The molecule has 0 aliphatic carbocycles. The van der Waals surface area contributed by atoms with Crippen molar-refractivity contribution in [3.8, 4) is 0 Å². The van der Waals surface area contributed by atoms with E-state index in [4.69, 9.17) is 0 Å². The van der Waals surface area contributed by atoms with Gasteiger partial charge in [0.15, 0.2) is 0 Å². The van der Waals surface area contributed by atoms with Crippen LogP contribution in [0.15, 0.2) is 58.6 Å². The van der Waals surface area contributed by atoms with Crippen molar-refractivity contribution in [2.45, 2.75) is 15.8 Å². The first-order chi connectivity index (χ1) is 8.43. The molecule has 2 heterocycles. The predicted molar refractivity (Wildman–Crippen MR) is 74.9 cm³/mol. The van der Waals surface area contributed by atoms with Gasteiger partial charge in [-0.1, -0.05) is 24.3 Å². The number of hydrogen-bond acceptors (Lipinski definition) is 3. The Morgan fingerprint density at radius 1 is 1.18 bits per heavy atom. The average Bonchev–Trinajstić information content (AvgIpc) is 2.81. The van der Waals surface area contributed by atoms with E-state index >= 15 is 0 Å². The first kappa shape index (κ1) is 11.2. The molecule has 0 amide bonds. The molecule has 0 bridgehead atoms. The lowest BCUT2D eigenvalue weighted by atomic mass is 10.0. The Hall–Kier alpha value is -0.930. The van der Waals surface area contributed by atoms with Crippen LogP contribution in [0.2, 0.25) is 0 Å². The summed E-state index contributed by atoms with van der Waals surface area (Å²) < 4.78 is 0. The zero-order valence-corrected chi connectivity index (χ0v) is 11.0. The molecule has 86 valence electrons. The lowest BCUT2D eigenvalue weighted by Crippen LogP contribution is -2.00. The Balaban J connectivity index is 1.68. The molecule has 0 fully saturated rings. The summed E-state index contributed by atoms with van der Waals surface area (Å²) in [5.74, 6) is 3.00. The Kier molecular flexibility index (Phi) is 3.39. The standard InChI is InChI=1S/C14H13NS2/c1-2-6-13-12(5-1)11(9-16-13)10-17-14-7-3-4-8-15-14/h1-8,11H,9-10H2. The van der Waals surface area contributed by atoms with Crippen LogP contribution in [0.25, 0.3) is 0 Å². The number of hydrogen-bond donors (Lipinski definition) is 0. The molecular weight excluding hydrogens is 246 g/mol. The maximum atomic E-state index is 4.35. The van der Waals surface area contributed by atoms with Crippen LogP contribution in [0, 0.1) is 0 Å². The number of aromatic nitrogens is 1. The lowest BCUT2D eigenvalue weighted by molar-refractivity contribution is 0.894. The van der Waals surface area contributed by atoms with Crippen molar-refractivity contribution in [1.29, 1.82) is 0 Å². The van der Waals surface area contributed by atoms with Gasteiger partial charge in [0, 0.05) is 28.5 Å². The molecule has 1 nitrogen and oxygen atoms in total. The summed E-state index contributed by atoms with van der Waals surface area (Å²) in [4.78, 5) is 5.81. The summed E-state index contributed by atoms with van der Waals surface area (Å²) in [5.41, 5.74) is 1.51. The van der Waals surface area contributed by atoms with Gasteiger partial charge in [-0.25, -0.2) is 4.98 Å². The summed E-state index contributed by atoms with van der Waals surface area (Å²) in [5, 5.41) is 1.13. The van der Waals surface area contributed by atoms with Gasteiger partial charge in [0.05, 0.1) is 5.03 Å². The van der Waals surface area contributed by atoms with Gasteiger partial charge < -0.3 is 0 Å². The monoisotopic (exact) mass is 259 g/mol. The Morgan fingerprint density at radius 2 is 2.06 bits per heavy atom. The minimum Gasteiger partial charge on any atom is -0.250 e. The van der Waals surface area contributed by atoms with Crippen LogP contribution in [-0.2, 0) is 0 Å². The van der Waals surface area contributed by atoms with Crippen molar-refractivity contribution >= 4 is 23.5 Å². The molecule has 0 saturated carbocycles. The molecule has 0 N–H and O–H groups in total. The minimum atomic E-state index is 0.670. The quantitative estimate of drug-likeness (QED) is 0.771. The molecule has 3 rings (SSSR count). The van der Waals surface area contributed by atoms with Crippen LogP contribution >= 0.6 is 23.5 Å². The first-order valence-corrected chi connectivity index (χ1v) is 7.66. The lowest BCUT2D eigenvalue weighted by Gasteiger charge is -2.09. The third-order valence-corrected chi connectivity index (χ3v) is 5.23. The Labute approximate surface area is 110 Å². The van der Waals surface area contributed by atoms with Gasteiger partial charge in [-0.05, 0) is 23.8 Å². The SMILES string of the molecule is c1ccc(SCC2CSc3ccccc32)nc1. The molecule has 3 heteroatoms. The summed E-state index contributed by atoms with van der Waals surface area (Å²) in [6.07, 6.45) is 1.86. The van der Waals surface area contributed by atoms with E-state index in [-0.39, 0.29) is 0 Å². The van der Waals surface area contributed by atoms with Gasteiger partial charge in [-0.15, -0.1) is 23.5 Å². The second-order valence-electron chi connectivity index (χ2n) is 4.02. The molecule has 1 unspecified atom stereocenters. The molecule has 1 aromatic carbocycles. The number of thioether (sulfide) groups is 2. The van der Waals surface area contributed by atoms with Gasteiger partial charge in [0.2, 0.25) is 0 Å². The van der Waals surface area contributed by atoms with Gasteiger partial charge in [-0.2, -0.15) is 0 Å². The average molecular weight is 259 g/mol. The smallest absolute Gasteiger partial charge is 0.0960 e. The van der Waals surface area contributed by atoms with E-state index in [0.29, 0.717) is 5.92 Å². The van der Waals surface area contributed by atoms with E-state index in [1.807, 2.05) is 41.9 Å². The molecule has 2 aromatic rings.